The van der Waals surface area contributed by atoms with Gasteiger partial charge in [0.05, 0.1) is 5.69 Å². The van der Waals surface area contributed by atoms with Crippen LogP contribution in [0.15, 0.2) is 48.9 Å². The molecule has 0 N–H and O–H groups in total. The molecule has 0 spiro atoms. The third kappa shape index (κ3) is 2.39. The molecule has 0 radical (unpaired) electrons. The monoisotopic (exact) mass is 210 g/mol. The van der Waals surface area contributed by atoms with Gasteiger partial charge >= 0.3 is 0 Å². The van der Waals surface area contributed by atoms with Crippen molar-refractivity contribution in [3.63, 3.8) is 0 Å². The van der Waals surface area contributed by atoms with E-state index in [1.54, 1.807) is 24.7 Å². The van der Waals surface area contributed by atoms with Crippen molar-refractivity contribution in [2.45, 2.75) is 0 Å². The van der Waals surface area contributed by atoms with Crippen molar-refractivity contribution < 1.29 is 4.79 Å². The number of pyridine rings is 2. The summed E-state index contributed by atoms with van der Waals surface area (Å²) in [7, 11) is 0. The van der Waals surface area contributed by atoms with Crippen LogP contribution in [-0.2, 0) is 4.79 Å². The summed E-state index contributed by atoms with van der Waals surface area (Å²) in [5.41, 5.74) is 2.69. The molecule has 2 rings (SSSR count). The standard InChI is InChI=1S/C13H10N2O/c16-7-3-4-11-8-12(10-14-9-11)13-5-1-2-6-15-13/h1-10H/b4-3+. The molecule has 16 heavy (non-hydrogen) atoms. The van der Waals surface area contributed by atoms with Gasteiger partial charge in [0.2, 0.25) is 0 Å². The van der Waals surface area contributed by atoms with Crippen molar-refractivity contribution >= 4 is 12.4 Å². The first-order valence-corrected chi connectivity index (χ1v) is 4.88. The Morgan fingerprint density at radius 2 is 2.12 bits per heavy atom. The lowest BCUT2D eigenvalue weighted by atomic mass is 10.1. The number of rotatable bonds is 3. The van der Waals surface area contributed by atoms with Gasteiger partial charge in [0.15, 0.2) is 0 Å². The molecule has 0 fully saturated rings. The molecule has 0 amide bonds. The second kappa shape index (κ2) is 4.98. The molecule has 0 saturated heterocycles. The van der Waals surface area contributed by atoms with E-state index in [0.717, 1.165) is 23.1 Å². The van der Waals surface area contributed by atoms with Gasteiger partial charge in [0.1, 0.15) is 6.29 Å². The van der Waals surface area contributed by atoms with Gasteiger partial charge in [-0.2, -0.15) is 0 Å². The van der Waals surface area contributed by atoms with Crippen molar-refractivity contribution in [2.75, 3.05) is 0 Å². The van der Waals surface area contributed by atoms with Gasteiger partial charge in [-0.05, 0) is 29.8 Å². The van der Waals surface area contributed by atoms with Crippen molar-refractivity contribution in [3.05, 3.63) is 54.5 Å². The molecule has 0 aliphatic rings. The van der Waals surface area contributed by atoms with Gasteiger partial charge in [0.25, 0.3) is 0 Å². The highest BCUT2D eigenvalue weighted by Gasteiger charge is 1.98. The minimum absolute atomic E-state index is 0.743. The molecule has 2 heterocycles. The number of carbonyl (C=O) groups is 1. The van der Waals surface area contributed by atoms with Crippen molar-refractivity contribution in [1.29, 1.82) is 0 Å². The van der Waals surface area contributed by atoms with Crippen LogP contribution >= 0.6 is 0 Å². The van der Waals surface area contributed by atoms with E-state index in [1.807, 2.05) is 24.3 Å². The first kappa shape index (κ1) is 10.2. The summed E-state index contributed by atoms with van der Waals surface area (Å²) >= 11 is 0. The Labute approximate surface area is 93.5 Å². The number of carbonyl (C=O) groups excluding carboxylic acids is 1. The quantitative estimate of drug-likeness (QED) is 0.577. The molecular weight excluding hydrogens is 200 g/mol. The Morgan fingerprint density at radius 3 is 2.88 bits per heavy atom. The summed E-state index contributed by atoms with van der Waals surface area (Å²) < 4.78 is 0. The molecule has 0 saturated carbocycles. The molecule has 0 bridgehead atoms. The second-order valence-corrected chi connectivity index (χ2v) is 3.22. The van der Waals surface area contributed by atoms with Gasteiger partial charge in [-0.1, -0.05) is 12.1 Å². The molecule has 2 aromatic heterocycles. The van der Waals surface area contributed by atoms with Gasteiger partial charge in [-0.15, -0.1) is 0 Å². The summed E-state index contributed by atoms with van der Waals surface area (Å²) in [6, 6.07) is 7.66. The van der Waals surface area contributed by atoms with E-state index in [1.165, 1.54) is 6.08 Å². The molecule has 0 aromatic carbocycles. The van der Waals surface area contributed by atoms with Crippen LogP contribution in [0.1, 0.15) is 5.56 Å². The number of hydrogen-bond acceptors (Lipinski definition) is 3. The molecule has 0 aliphatic carbocycles. The third-order valence-corrected chi connectivity index (χ3v) is 2.09. The van der Waals surface area contributed by atoms with Gasteiger partial charge in [0, 0.05) is 24.2 Å². The maximum Gasteiger partial charge on any atom is 0.142 e. The topological polar surface area (TPSA) is 42.9 Å². The van der Waals surface area contributed by atoms with Crippen LogP contribution in [0.25, 0.3) is 17.3 Å². The zero-order valence-electron chi connectivity index (χ0n) is 8.58. The van der Waals surface area contributed by atoms with E-state index in [9.17, 15) is 4.79 Å². The number of hydrogen-bond donors (Lipinski definition) is 0. The number of allylic oxidation sites excluding steroid dienone is 1. The van der Waals surface area contributed by atoms with Crippen LogP contribution in [0, 0.1) is 0 Å². The molecule has 0 unspecified atom stereocenters. The normalized spacial score (nSPS) is 10.5. The maximum absolute atomic E-state index is 10.2. The fraction of sp³-hybridized carbons (Fsp3) is 0. The Hall–Kier alpha value is -2.29. The zero-order chi connectivity index (χ0) is 11.2. The fourth-order valence-corrected chi connectivity index (χ4v) is 1.37. The van der Waals surface area contributed by atoms with E-state index < -0.39 is 0 Å². The SMILES string of the molecule is O=C/C=C/c1cncc(-c2ccccn2)c1. The number of aldehydes is 1. The molecule has 0 atom stereocenters. The number of nitrogens with zero attached hydrogens (tertiary/aromatic N) is 2. The van der Waals surface area contributed by atoms with Gasteiger partial charge < -0.3 is 0 Å². The first-order chi connectivity index (χ1) is 7.90. The van der Waals surface area contributed by atoms with Crippen LogP contribution in [0.5, 0.6) is 0 Å². The highest BCUT2D eigenvalue weighted by molar-refractivity contribution is 5.74. The van der Waals surface area contributed by atoms with E-state index in [2.05, 4.69) is 9.97 Å². The Kier molecular flexibility index (Phi) is 3.18. The summed E-state index contributed by atoms with van der Waals surface area (Å²) in [6.45, 7) is 0. The minimum Gasteiger partial charge on any atom is -0.299 e. The van der Waals surface area contributed by atoms with Crippen LogP contribution in [0.4, 0.5) is 0 Å². The predicted molar refractivity (Wildman–Crippen MR) is 62.6 cm³/mol. The van der Waals surface area contributed by atoms with Crippen molar-refractivity contribution in [3.8, 4) is 11.3 Å². The Morgan fingerprint density at radius 1 is 1.19 bits per heavy atom. The maximum atomic E-state index is 10.2. The Bertz CT molecular complexity index is 506. The molecule has 3 heteroatoms. The molecule has 3 nitrogen and oxygen atoms in total. The van der Waals surface area contributed by atoms with Crippen molar-refractivity contribution in [2.24, 2.45) is 0 Å². The molecule has 2 aromatic rings. The third-order valence-electron chi connectivity index (χ3n) is 2.09. The lowest BCUT2D eigenvalue weighted by Gasteiger charge is -2.00. The smallest absolute Gasteiger partial charge is 0.142 e. The lowest BCUT2D eigenvalue weighted by molar-refractivity contribution is -0.104. The van der Waals surface area contributed by atoms with Crippen LogP contribution in [0.2, 0.25) is 0 Å². The molecular formula is C13H10N2O. The fourth-order valence-electron chi connectivity index (χ4n) is 1.37. The number of aromatic nitrogens is 2. The summed E-state index contributed by atoms with van der Waals surface area (Å²) in [5, 5.41) is 0. The van der Waals surface area contributed by atoms with E-state index in [-0.39, 0.29) is 0 Å². The molecule has 0 aliphatic heterocycles. The highest BCUT2D eigenvalue weighted by atomic mass is 16.1. The lowest BCUT2D eigenvalue weighted by Crippen LogP contribution is -1.85. The van der Waals surface area contributed by atoms with E-state index in [0.29, 0.717) is 0 Å². The van der Waals surface area contributed by atoms with Gasteiger partial charge in [-0.3, -0.25) is 14.8 Å². The average Bonchev–Trinajstić information content (AvgIpc) is 2.38. The predicted octanol–water partition coefficient (Wildman–Crippen LogP) is 2.36. The molecule has 78 valence electrons. The first-order valence-electron chi connectivity index (χ1n) is 4.88. The van der Waals surface area contributed by atoms with Gasteiger partial charge in [-0.25, -0.2) is 0 Å². The van der Waals surface area contributed by atoms with Crippen molar-refractivity contribution in [1.82, 2.24) is 9.97 Å². The largest absolute Gasteiger partial charge is 0.299 e. The zero-order valence-corrected chi connectivity index (χ0v) is 8.58. The van der Waals surface area contributed by atoms with E-state index >= 15 is 0 Å². The summed E-state index contributed by atoms with van der Waals surface area (Å²) in [5.74, 6) is 0. The van der Waals surface area contributed by atoms with Crippen LogP contribution < -0.4 is 0 Å². The second-order valence-electron chi connectivity index (χ2n) is 3.22. The highest BCUT2D eigenvalue weighted by Crippen LogP contribution is 2.16. The Balaban J connectivity index is 2.36. The van der Waals surface area contributed by atoms with E-state index in [4.69, 9.17) is 0 Å². The average molecular weight is 210 g/mol. The minimum atomic E-state index is 0.743. The van der Waals surface area contributed by atoms with Crippen LogP contribution in [-0.4, -0.2) is 16.3 Å². The van der Waals surface area contributed by atoms with Crippen LogP contribution in [0.3, 0.4) is 0 Å². The summed E-state index contributed by atoms with van der Waals surface area (Å²) in [4.78, 5) is 18.6. The summed E-state index contributed by atoms with van der Waals surface area (Å²) in [6.07, 6.45) is 9.09.